The first kappa shape index (κ1) is 10.9. The smallest absolute Gasteiger partial charge is 0.229 e. The highest BCUT2D eigenvalue weighted by Gasteiger charge is 2.54. The van der Waals surface area contributed by atoms with E-state index in [4.69, 9.17) is 0 Å². The van der Waals surface area contributed by atoms with Crippen molar-refractivity contribution in [3.05, 3.63) is 0 Å². The standard InChI is InChI=1S/C12H22N2O/c1-8(2)14-10-7-13-6-5-9(10)12(3,4)11(14)15/h8-10,13H,5-7H2,1-4H3. The zero-order valence-electron chi connectivity index (χ0n) is 10.2. The maximum Gasteiger partial charge on any atom is 0.229 e. The molecular weight excluding hydrogens is 188 g/mol. The molecule has 2 atom stereocenters. The lowest BCUT2D eigenvalue weighted by atomic mass is 9.75. The molecule has 2 aliphatic rings. The minimum Gasteiger partial charge on any atom is -0.335 e. The van der Waals surface area contributed by atoms with Crippen LogP contribution in [-0.2, 0) is 4.79 Å². The molecule has 0 spiro atoms. The van der Waals surface area contributed by atoms with E-state index in [0.717, 1.165) is 19.5 Å². The van der Waals surface area contributed by atoms with Gasteiger partial charge in [-0.1, -0.05) is 13.8 Å². The molecule has 3 nitrogen and oxygen atoms in total. The van der Waals surface area contributed by atoms with Crippen LogP contribution in [0.5, 0.6) is 0 Å². The second kappa shape index (κ2) is 3.48. The molecule has 1 amide bonds. The molecule has 0 radical (unpaired) electrons. The second-order valence-corrected chi connectivity index (χ2v) is 5.69. The van der Waals surface area contributed by atoms with Crippen molar-refractivity contribution in [2.24, 2.45) is 11.3 Å². The SMILES string of the molecule is CC(C)N1C(=O)C(C)(C)C2CCNCC21. The van der Waals surface area contributed by atoms with Gasteiger partial charge in [-0.2, -0.15) is 0 Å². The molecule has 0 aromatic heterocycles. The zero-order chi connectivity index (χ0) is 11.2. The van der Waals surface area contributed by atoms with Crippen molar-refractivity contribution in [1.29, 1.82) is 0 Å². The van der Waals surface area contributed by atoms with Crippen molar-refractivity contribution in [2.75, 3.05) is 13.1 Å². The number of carbonyl (C=O) groups excluding carboxylic acids is 1. The Morgan fingerprint density at radius 2 is 2.13 bits per heavy atom. The third-order valence-corrected chi connectivity index (χ3v) is 4.08. The van der Waals surface area contributed by atoms with Crippen LogP contribution >= 0.6 is 0 Å². The van der Waals surface area contributed by atoms with Crippen LogP contribution in [0.15, 0.2) is 0 Å². The molecule has 3 heteroatoms. The van der Waals surface area contributed by atoms with Crippen molar-refractivity contribution in [2.45, 2.75) is 46.2 Å². The number of amides is 1. The van der Waals surface area contributed by atoms with E-state index in [1.165, 1.54) is 0 Å². The van der Waals surface area contributed by atoms with Crippen LogP contribution in [0.3, 0.4) is 0 Å². The summed E-state index contributed by atoms with van der Waals surface area (Å²) in [5, 5.41) is 3.41. The minimum atomic E-state index is -0.156. The Kier molecular flexibility index (Phi) is 2.53. The molecule has 2 unspecified atom stereocenters. The summed E-state index contributed by atoms with van der Waals surface area (Å²) in [6, 6.07) is 0.743. The Labute approximate surface area is 92.2 Å². The fourth-order valence-corrected chi connectivity index (χ4v) is 3.24. The number of hydrogen-bond donors (Lipinski definition) is 1. The quantitative estimate of drug-likeness (QED) is 0.706. The lowest BCUT2D eigenvalue weighted by Crippen LogP contribution is -2.49. The lowest BCUT2D eigenvalue weighted by Gasteiger charge is -2.35. The molecule has 2 fully saturated rings. The third-order valence-electron chi connectivity index (χ3n) is 4.08. The van der Waals surface area contributed by atoms with E-state index < -0.39 is 0 Å². The molecule has 0 saturated carbocycles. The lowest BCUT2D eigenvalue weighted by molar-refractivity contribution is -0.137. The Morgan fingerprint density at radius 3 is 2.73 bits per heavy atom. The molecule has 2 heterocycles. The van der Waals surface area contributed by atoms with E-state index in [-0.39, 0.29) is 5.41 Å². The van der Waals surface area contributed by atoms with Gasteiger partial charge in [-0.15, -0.1) is 0 Å². The van der Waals surface area contributed by atoms with Crippen LogP contribution in [0.2, 0.25) is 0 Å². The van der Waals surface area contributed by atoms with E-state index in [1.807, 2.05) is 0 Å². The van der Waals surface area contributed by atoms with Crippen molar-refractivity contribution >= 4 is 5.91 Å². The first-order valence-electron chi connectivity index (χ1n) is 5.99. The van der Waals surface area contributed by atoms with Gasteiger partial charge in [0.1, 0.15) is 0 Å². The average Bonchev–Trinajstić information content (AvgIpc) is 2.36. The molecule has 2 rings (SSSR count). The van der Waals surface area contributed by atoms with E-state index in [0.29, 0.717) is 23.9 Å². The first-order chi connectivity index (χ1) is 6.96. The van der Waals surface area contributed by atoms with Gasteiger partial charge in [0.05, 0.1) is 0 Å². The summed E-state index contributed by atoms with van der Waals surface area (Å²) in [5.41, 5.74) is -0.156. The summed E-state index contributed by atoms with van der Waals surface area (Å²) >= 11 is 0. The van der Waals surface area contributed by atoms with Crippen LogP contribution in [0.4, 0.5) is 0 Å². The number of nitrogens with zero attached hydrogens (tertiary/aromatic N) is 1. The number of likely N-dealkylation sites (tertiary alicyclic amines) is 1. The maximum atomic E-state index is 12.3. The van der Waals surface area contributed by atoms with E-state index >= 15 is 0 Å². The summed E-state index contributed by atoms with van der Waals surface area (Å²) < 4.78 is 0. The fourth-order valence-electron chi connectivity index (χ4n) is 3.24. The number of piperidine rings is 1. The summed E-state index contributed by atoms with van der Waals surface area (Å²) in [7, 11) is 0. The fraction of sp³-hybridized carbons (Fsp3) is 0.917. The summed E-state index contributed by atoms with van der Waals surface area (Å²) in [4.78, 5) is 14.4. The number of nitrogens with one attached hydrogen (secondary N) is 1. The van der Waals surface area contributed by atoms with Crippen molar-refractivity contribution in [3.8, 4) is 0 Å². The van der Waals surface area contributed by atoms with Crippen LogP contribution in [0.25, 0.3) is 0 Å². The molecule has 15 heavy (non-hydrogen) atoms. The van der Waals surface area contributed by atoms with Gasteiger partial charge in [0.25, 0.3) is 0 Å². The predicted octanol–water partition coefficient (Wildman–Crippen LogP) is 1.24. The minimum absolute atomic E-state index is 0.156. The van der Waals surface area contributed by atoms with Gasteiger partial charge in [0, 0.05) is 24.0 Å². The van der Waals surface area contributed by atoms with E-state index in [9.17, 15) is 4.79 Å². The van der Waals surface area contributed by atoms with Crippen molar-refractivity contribution in [1.82, 2.24) is 10.2 Å². The van der Waals surface area contributed by atoms with Gasteiger partial charge in [-0.25, -0.2) is 0 Å². The molecule has 0 aliphatic carbocycles. The van der Waals surface area contributed by atoms with Gasteiger partial charge in [0.2, 0.25) is 5.91 Å². The molecule has 2 saturated heterocycles. The van der Waals surface area contributed by atoms with E-state index in [1.54, 1.807) is 0 Å². The van der Waals surface area contributed by atoms with Crippen LogP contribution in [-0.4, -0.2) is 36.0 Å². The van der Waals surface area contributed by atoms with Crippen LogP contribution in [0.1, 0.15) is 34.1 Å². The highest BCUT2D eigenvalue weighted by molar-refractivity contribution is 5.85. The number of carbonyl (C=O) groups is 1. The summed E-state index contributed by atoms with van der Waals surface area (Å²) in [5.74, 6) is 0.879. The van der Waals surface area contributed by atoms with Gasteiger partial charge < -0.3 is 10.2 Å². The number of fused-ring (bicyclic) bond motifs is 1. The van der Waals surface area contributed by atoms with Gasteiger partial charge >= 0.3 is 0 Å². The molecule has 86 valence electrons. The van der Waals surface area contributed by atoms with Crippen LogP contribution in [0, 0.1) is 11.3 Å². The highest BCUT2D eigenvalue weighted by atomic mass is 16.2. The second-order valence-electron chi connectivity index (χ2n) is 5.69. The molecule has 1 N–H and O–H groups in total. The Morgan fingerprint density at radius 1 is 1.47 bits per heavy atom. The summed E-state index contributed by atoms with van der Waals surface area (Å²) in [6.07, 6.45) is 1.13. The monoisotopic (exact) mass is 210 g/mol. The number of rotatable bonds is 1. The third kappa shape index (κ3) is 1.48. The van der Waals surface area contributed by atoms with Gasteiger partial charge in [0.15, 0.2) is 0 Å². The summed E-state index contributed by atoms with van der Waals surface area (Å²) in [6.45, 7) is 10.5. The van der Waals surface area contributed by atoms with Crippen molar-refractivity contribution in [3.63, 3.8) is 0 Å². The largest absolute Gasteiger partial charge is 0.335 e. The predicted molar refractivity (Wildman–Crippen MR) is 60.5 cm³/mol. The highest BCUT2D eigenvalue weighted by Crippen LogP contribution is 2.44. The van der Waals surface area contributed by atoms with Gasteiger partial charge in [-0.3, -0.25) is 4.79 Å². The first-order valence-corrected chi connectivity index (χ1v) is 5.99. The molecule has 0 bridgehead atoms. The molecule has 2 aliphatic heterocycles. The topological polar surface area (TPSA) is 32.3 Å². The number of hydrogen-bond acceptors (Lipinski definition) is 2. The molecule has 0 aromatic carbocycles. The van der Waals surface area contributed by atoms with Gasteiger partial charge in [-0.05, 0) is 32.7 Å². The van der Waals surface area contributed by atoms with E-state index in [2.05, 4.69) is 37.9 Å². The Balaban J connectivity index is 2.31. The van der Waals surface area contributed by atoms with Crippen LogP contribution < -0.4 is 5.32 Å². The normalized spacial score (nSPS) is 34.7. The van der Waals surface area contributed by atoms with Crippen molar-refractivity contribution < 1.29 is 4.79 Å². The molecular formula is C12H22N2O. The Bertz CT molecular complexity index is 273. The average molecular weight is 210 g/mol. The Hall–Kier alpha value is -0.570. The molecule has 0 aromatic rings. The maximum absolute atomic E-state index is 12.3. The zero-order valence-corrected chi connectivity index (χ0v) is 10.2.